The van der Waals surface area contributed by atoms with E-state index in [9.17, 15) is 4.79 Å². The molecule has 0 radical (unpaired) electrons. The van der Waals surface area contributed by atoms with Crippen LogP contribution in [0, 0.1) is 13.8 Å². The van der Waals surface area contributed by atoms with Gasteiger partial charge in [-0.3, -0.25) is 4.79 Å². The maximum Gasteiger partial charge on any atom is 0.261 e. The minimum absolute atomic E-state index is 0.108. The van der Waals surface area contributed by atoms with Crippen molar-refractivity contribution in [1.82, 2.24) is 10.2 Å². The fraction of sp³-hybridized carbons (Fsp3) is 0.435. The van der Waals surface area contributed by atoms with E-state index in [0.717, 1.165) is 43.1 Å². The van der Waals surface area contributed by atoms with Gasteiger partial charge in [-0.2, -0.15) is 0 Å². The molecule has 1 heterocycles. The molecule has 1 amide bonds. The highest BCUT2D eigenvalue weighted by Crippen LogP contribution is 2.20. The fourth-order valence-electron chi connectivity index (χ4n) is 3.40. The van der Waals surface area contributed by atoms with Gasteiger partial charge in [0.2, 0.25) is 0 Å². The highest BCUT2D eigenvalue weighted by atomic mass is 16.5. The van der Waals surface area contributed by atoms with Gasteiger partial charge in [0.15, 0.2) is 6.10 Å². The summed E-state index contributed by atoms with van der Waals surface area (Å²) in [6, 6.07) is 14.4. The van der Waals surface area contributed by atoms with Crippen LogP contribution >= 0.6 is 0 Å². The number of hydrogen-bond donors (Lipinski definition) is 1. The first kappa shape index (κ1) is 20.2. The zero-order chi connectivity index (χ0) is 20.1. The third-order valence-electron chi connectivity index (χ3n) is 5.27. The van der Waals surface area contributed by atoms with E-state index in [1.54, 1.807) is 6.92 Å². The Morgan fingerprint density at radius 1 is 1.07 bits per heavy atom. The number of benzene rings is 2. The summed E-state index contributed by atoms with van der Waals surface area (Å²) >= 11 is 0. The zero-order valence-corrected chi connectivity index (χ0v) is 17.4. The van der Waals surface area contributed by atoms with Gasteiger partial charge in [0.25, 0.3) is 5.91 Å². The topological polar surface area (TPSA) is 44.8 Å². The first-order chi connectivity index (χ1) is 13.4. The second-order valence-electron chi connectivity index (χ2n) is 7.70. The molecule has 2 aromatic rings. The van der Waals surface area contributed by atoms with Gasteiger partial charge in [0.05, 0.1) is 0 Å². The lowest BCUT2D eigenvalue weighted by atomic mass is 10.1. The van der Waals surface area contributed by atoms with Crippen LogP contribution in [0.2, 0.25) is 0 Å². The molecule has 1 N–H and O–H groups in total. The van der Waals surface area contributed by atoms with Crippen molar-refractivity contribution >= 4 is 11.6 Å². The monoisotopic (exact) mass is 381 g/mol. The van der Waals surface area contributed by atoms with E-state index >= 15 is 0 Å². The van der Waals surface area contributed by atoms with Crippen LogP contribution in [0.1, 0.15) is 23.6 Å². The molecule has 2 aromatic carbocycles. The Balaban J connectivity index is 1.49. The average molecular weight is 382 g/mol. The lowest BCUT2D eigenvalue weighted by Crippen LogP contribution is -2.44. The Morgan fingerprint density at radius 3 is 2.39 bits per heavy atom. The molecular weight excluding hydrogens is 350 g/mol. The standard InChI is InChI=1S/C23H31N3O2/c1-17-5-10-22(18(2)15-17)28-19(3)23(27)24-16-20-6-8-21(9-7-20)26-13-11-25(4)12-14-26/h5-10,15,19H,11-14,16H2,1-4H3,(H,24,27)/t19-/m1/s1. The summed E-state index contributed by atoms with van der Waals surface area (Å²) in [4.78, 5) is 17.1. The quantitative estimate of drug-likeness (QED) is 0.835. The molecule has 1 aliphatic rings. The number of likely N-dealkylation sites (N-methyl/N-ethyl adjacent to an activating group) is 1. The summed E-state index contributed by atoms with van der Waals surface area (Å²) in [7, 11) is 2.16. The number of ether oxygens (including phenoxy) is 1. The number of hydrogen-bond acceptors (Lipinski definition) is 4. The molecule has 0 aromatic heterocycles. The number of carbonyl (C=O) groups is 1. The van der Waals surface area contributed by atoms with E-state index in [-0.39, 0.29) is 5.91 Å². The van der Waals surface area contributed by atoms with Crippen LogP contribution < -0.4 is 15.0 Å². The first-order valence-electron chi connectivity index (χ1n) is 9.96. The summed E-state index contributed by atoms with van der Waals surface area (Å²) in [6.45, 7) is 10.6. The highest BCUT2D eigenvalue weighted by Gasteiger charge is 2.16. The van der Waals surface area contributed by atoms with Gasteiger partial charge in [0, 0.05) is 38.4 Å². The van der Waals surface area contributed by atoms with Gasteiger partial charge in [-0.1, -0.05) is 29.8 Å². The summed E-state index contributed by atoms with van der Waals surface area (Å²) in [5.74, 6) is 0.646. The fourth-order valence-corrected chi connectivity index (χ4v) is 3.40. The zero-order valence-electron chi connectivity index (χ0n) is 17.4. The number of nitrogens with zero attached hydrogens (tertiary/aromatic N) is 2. The van der Waals surface area contributed by atoms with Gasteiger partial charge in [0.1, 0.15) is 5.75 Å². The molecule has 5 nitrogen and oxygen atoms in total. The van der Waals surface area contributed by atoms with Crippen LogP contribution in [0.5, 0.6) is 5.75 Å². The molecule has 0 saturated carbocycles. The van der Waals surface area contributed by atoms with Crippen molar-refractivity contribution in [3.05, 3.63) is 59.2 Å². The summed E-state index contributed by atoms with van der Waals surface area (Å²) < 4.78 is 5.83. The second-order valence-corrected chi connectivity index (χ2v) is 7.70. The number of rotatable bonds is 6. The smallest absolute Gasteiger partial charge is 0.261 e. The van der Waals surface area contributed by atoms with Gasteiger partial charge in [-0.25, -0.2) is 0 Å². The van der Waals surface area contributed by atoms with Crippen LogP contribution in [-0.4, -0.2) is 50.1 Å². The molecule has 1 fully saturated rings. The summed E-state index contributed by atoms with van der Waals surface area (Å²) in [6.07, 6.45) is -0.536. The van der Waals surface area contributed by atoms with Crippen LogP contribution in [-0.2, 0) is 11.3 Å². The Hall–Kier alpha value is -2.53. The molecule has 150 valence electrons. The number of aryl methyl sites for hydroxylation is 2. The summed E-state index contributed by atoms with van der Waals surface area (Å²) in [5, 5.41) is 2.97. The van der Waals surface area contributed by atoms with Gasteiger partial charge >= 0.3 is 0 Å². The molecule has 0 aliphatic carbocycles. The second kappa shape index (κ2) is 9.11. The molecule has 1 saturated heterocycles. The van der Waals surface area contributed by atoms with Crippen molar-refractivity contribution in [2.24, 2.45) is 0 Å². The lowest BCUT2D eigenvalue weighted by molar-refractivity contribution is -0.127. The minimum atomic E-state index is -0.536. The third kappa shape index (κ3) is 5.26. The van der Waals surface area contributed by atoms with Crippen LogP contribution in [0.15, 0.2) is 42.5 Å². The third-order valence-corrected chi connectivity index (χ3v) is 5.27. The normalized spacial score (nSPS) is 15.9. The SMILES string of the molecule is Cc1ccc(O[C@H](C)C(=O)NCc2ccc(N3CCN(C)CC3)cc2)c(C)c1. The molecule has 0 bridgehead atoms. The minimum Gasteiger partial charge on any atom is -0.481 e. The highest BCUT2D eigenvalue weighted by molar-refractivity contribution is 5.80. The van der Waals surface area contributed by atoms with E-state index < -0.39 is 6.10 Å². The molecule has 0 spiro atoms. The number of anilines is 1. The predicted octanol–water partition coefficient (Wildman–Crippen LogP) is 3.14. The number of piperazine rings is 1. The van der Waals surface area contributed by atoms with E-state index in [1.807, 2.05) is 26.0 Å². The van der Waals surface area contributed by atoms with Crippen molar-refractivity contribution in [2.45, 2.75) is 33.4 Å². The van der Waals surface area contributed by atoms with Crippen molar-refractivity contribution in [1.29, 1.82) is 0 Å². The van der Waals surface area contributed by atoms with E-state index in [4.69, 9.17) is 4.74 Å². The molecule has 1 aliphatic heterocycles. The Labute approximate surface area is 168 Å². The molecule has 28 heavy (non-hydrogen) atoms. The van der Waals surface area contributed by atoms with Crippen molar-refractivity contribution in [3.8, 4) is 5.75 Å². The van der Waals surface area contributed by atoms with E-state index in [2.05, 4.69) is 52.5 Å². The maximum absolute atomic E-state index is 12.4. The molecule has 1 atom stereocenters. The lowest BCUT2D eigenvalue weighted by Gasteiger charge is -2.34. The van der Waals surface area contributed by atoms with Gasteiger partial charge in [-0.15, -0.1) is 0 Å². The first-order valence-corrected chi connectivity index (χ1v) is 9.96. The molecule has 0 unspecified atom stereocenters. The predicted molar refractivity (Wildman–Crippen MR) is 114 cm³/mol. The number of amides is 1. The van der Waals surface area contributed by atoms with Crippen LogP contribution in [0.4, 0.5) is 5.69 Å². The van der Waals surface area contributed by atoms with E-state index in [0.29, 0.717) is 6.54 Å². The van der Waals surface area contributed by atoms with Crippen molar-refractivity contribution in [3.63, 3.8) is 0 Å². The van der Waals surface area contributed by atoms with Crippen LogP contribution in [0.25, 0.3) is 0 Å². The van der Waals surface area contributed by atoms with Crippen LogP contribution in [0.3, 0.4) is 0 Å². The maximum atomic E-state index is 12.4. The average Bonchev–Trinajstić information content (AvgIpc) is 2.69. The molecular formula is C23H31N3O2. The Kier molecular flexibility index (Phi) is 6.57. The summed E-state index contributed by atoms with van der Waals surface area (Å²) in [5.41, 5.74) is 4.56. The molecule has 3 rings (SSSR count). The van der Waals surface area contributed by atoms with Gasteiger partial charge in [-0.05, 0) is 57.1 Å². The number of nitrogens with one attached hydrogen (secondary N) is 1. The van der Waals surface area contributed by atoms with Crippen molar-refractivity contribution < 1.29 is 9.53 Å². The largest absolute Gasteiger partial charge is 0.481 e. The van der Waals surface area contributed by atoms with E-state index in [1.165, 1.54) is 11.3 Å². The Bertz CT molecular complexity index is 796. The van der Waals surface area contributed by atoms with Gasteiger partial charge < -0.3 is 19.9 Å². The number of carbonyl (C=O) groups excluding carboxylic acids is 1. The molecule has 5 heteroatoms. The Morgan fingerprint density at radius 2 is 1.75 bits per heavy atom. The van der Waals surface area contributed by atoms with Crippen molar-refractivity contribution in [2.75, 3.05) is 38.1 Å².